The first-order chi connectivity index (χ1) is 7.63. The summed E-state index contributed by atoms with van der Waals surface area (Å²) in [5, 5.41) is 5.61. The molecule has 16 heavy (non-hydrogen) atoms. The van der Waals surface area contributed by atoms with Gasteiger partial charge in [-0.3, -0.25) is 0 Å². The van der Waals surface area contributed by atoms with Gasteiger partial charge >= 0.3 is 0 Å². The first-order valence-electron chi connectivity index (χ1n) is 5.18. The topological polar surface area (TPSA) is 12.0 Å². The molecule has 1 aromatic heterocycles. The lowest BCUT2D eigenvalue weighted by Gasteiger charge is -2.07. The quantitative estimate of drug-likeness (QED) is 0.862. The highest BCUT2D eigenvalue weighted by molar-refractivity contribution is 9.11. The number of anilines is 1. The number of rotatable bonds is 3. The zero-order chi connectivity index (χ0) is 11.5. The number of hydrogen-bond donors (Lipinski definition) is 1. The molecule has 0 aliphatic rings. The Balaban J connectivity index is 2.04. The van der Waals surface area contributed by atoms with E-state index in [1.807, 2.05) is 0 Å². The summed E-state index contributed by atoms with van der Waals surface area (Å²) in [6.45, 7) is 5.13. The zero-order valence-electron chi connectivity index (χ0n) is 9.38. The predicted molar refractivity (Wildman–Crippen MR) is 75.3 cm³/mol. The van der Waals surface area contributed by atoms with Crippen LogP contribution in [-0.4, -0.2) is 0 Å². The number of hydrogen-bond acceptors (Lipinski definition) is 2. The third-order valence-corrected chi connectivity index (χ3v) is 3.89. The van der Waals surface area contributed by atoms with E-state index in [2.05, 4.69) is 64.7 Å². The standard InChI is InChI=1S/C13H14BrNS/c1-9-3-10(2)5-12(4-9)15-7-11-6-13(14)16-8-11/h3-6,8,15H,7H2,1-2H3. The van der Waals surface area contributed by atoms with Crippen LogP contribution < -0.4 is 5.32 Å². The predicted octanol–water partition coefficient (Wildman–Crippen LogP) is 4.74. The molecule has 0 amide bonds. The molecular weight excluding hydrogens is 282 g/mol. The second kappa shape index (κ2) is 5.02. The summed E-state index contributed by atoms with van der Waals surface area (Å²) in [7, 11) is 0. The van der Waals surface area contributed by atoms with Crippen molar-refractivity contribution in [2.24, 2.45) is 0 Å². The van der Waals surface area contributed by atoms with Crippen molar-refractivity contribution in [1.82, 2.24) is 0 Å². The van der Waals surface area contributed by atoms with Gasteiger partial charge in [-0.1, -0.05) is 6.07 Å². The zero-order valence-corrected chi connectivity index (χ0v) is 11.8. The van der Waals surface area contributed by atoms with E-state index in [-0.39, 0.29) is 0 Å². The van der Waals surface area contributed by atoms with Crippen LogP contribution in [0.25, 0.3) is 0 Å². The highest BCUT2D eigenvalue weighted by Gasteiger charge is 1.98. The van der Waals surface area contributed by atoms with Gasteiger partial charge in [-0.25, -0.2) is 0 Å². The summed E-state index contributed by atoms with van der Waals surface area (Å²) < 4.78 is 1.18. The normalized spacial score (nSPS) is 10.4. The van der Waals surface area contributed by atoms with Crippen molar-refractivity contribution in [2.75, 3.05) is 5.32 Å². The van der Waals surface area contributed by atoms with E-state index >= 15 is 0 Å². The first kappa shape index (κ1) is 11.7. The molecule has 0 aliphatic heterocycles. The molecule has 2 aromatic rings. The maximum absolute atomic E-state index is 3.47. The third kappa shape index (κ3) is 3.09. The second-order valence-electron chi connectivity index (χ2n) is 3.99. The fourth-order valence-corrected chi connectivity index (χ4v) is 2.93. The van der Waals surface area contributed by atoms with Crippen LogP contribution in [0, 0.1) is 13.8 Å². The fourth-order valence-electron chi connectivity index (χ4n) is 1.72. The minimum absolute atomic E-state index is 0.880. The molecule has 1 nitrogen and oxygen atoms in total. The van der Waals surface area contributed by atoms with Crippen LogP contribution in [0.5, 0.6) is 0 Å². The Morgan fingerprint density at radius 1 is 1.12 bits per heavy atom. The minimum Gasteiger partial charge on any atom is -0.381 e. The number of aryl methyl sites for hydroxylation is 2. The van der Waals surface area contributed by atoms with Crippen LogP contribution in [0.15, 0.2) is 33.4 Å². The Morgan fingerprint density at radius 2 is 1.81 bits per heavy atom. The maximum atomic E-state index is 3.47. The summed E-state index contributed by atoms with van der Waals surface area (Å²) in [5.41, 5.74) is 5.11. The summed E-state index contributed by atoms with van der Waals surface area (Å²) in [6.07, 6.45) is 0. The van der Waals surface area contributed by atoms with Gasteiger partial charge in [-0.15, -0.1) is 11.3 Å². The van der Waals surface area contributed by atoms with Crippen molar-refractivity contribution in [1.29, 1.82) is 0 Å². The molecule has 0 saturated carbocycles. The van der Waals surface area contributed by atoms with Gasteiger partial charge in [0.15, 0.2) is 0 Å². The van der Waals surface area contributed by atoms with Crippen molar-refractivity contribution in [3.63, 3.8) is 0 Å². The highest BCUT2D eigenvalue weighted by Crippen LogP contribution is 2.22. The van der Waals surface area contributed by atoms with Crippen LogP contribution in [0.2, 0.25) is 0 Å². The lowest BCUT2D eigenvalue weighted by molar-refractivity contribution is 1.16. The average molecular weight is 296 g/mol. The van der Waals surface area contributed by atoms with Crippen molar-refractivity contribution in [3.05, 3.63) is 50.1 Å². The number of halogens is 1. The summed E-state index contributed by atoms with van der Waals surface area (Å²) in [5.74, 6) is 0. The molecule has 0 fully saturated rings. The number of benzene rings is 1. The summed E-state index contributed by atoms with van der Waals surface area (Å²) >= 11 is 5.19. The monoisotopic (exact) mass is 295 g/mol. The van der Waals surface area contributed by atoms with Crippen molar-refractivity contribution < 1.29 is 0 Å². The molecule has 1 aromatic carbocycles. The molecule has 0 saturated heterocycles. The van der Waals surface area contributed by atoms with Gasteiger partial charge < -0.3 is 5.32 Å². The Labute approximate surface area is 109 Å². The molecule has 0 spiro atoms. The van der Waals surface area contributed by atoms with E-state index in [1.54, 1.807) is 11.3 Å². The highest BCUT2D eigenvalue weighted by atomic mass is 79.9. The van der Waals surface area contributed by atoms with E-state index in [0.717, 1.165) is 6.54 Å². The van der Waals surface area contributed by atoms with Gasteiger partial charge in [0.2, 0.25) is 0 Å². The lowest BCUT2D eigenvalue weighted by atomic mass is 10.1. The van der Waals surface area contributed by atoms with Crippen molar-refractivity contribution in [2.45, 2.75) is 20.4 Å². The van der Waals surface area contributed by atoms with E-state index in [4.69, 9.17) is 0 Å². The van der Waals surface area contributed by atoms with Gasteiger partial charge in [-0.2, -0.15) is 0 Å². The van der Waals surface area contributed by atoms with Crippen LogP contribution in [0.1, 0.15) is 16.7 Å². The van der Waals surface area contributed by atoms with Crippen molar-refractivity contribution in [3.8, 4) is 0 Å². The van der Waals surface area contributed by atoms with Gasteiger partial charge in [0.25, 0.3) is 0 Å². The molecule has 84 valence electrons. The second-order valence-corrected chi connectivity index (χ2v) is 6.28. The first-order valence-corrected chi connectivity index (χ1v) is 6.86. The molecule has 1 heterocycles. The largest absolute Gasteiger partial charge is 0.381 e. The molecule has 1 N–H and O–H groups in total. The molecule has 3 heteroatoms. The fraction of sp³-hybridized carbons (Fsp3) is 0.231. The van der Waals surface area contributed by atoms with E-state index < -0.39 is 0 Å². The number of nitrogens with one attached hydrogen (secondary N) is 1. The number of thiophene rings is 1. The van der Waals surface area contributed by atoms with Crippen molar-refractivity contribution >= 4 is 33.0 Å². The van der Waals surface area contributed by atoms with Gasteiger partial charge in [0.1, 0.15) is 0 Å². The average Bonchev–Trinajstić information content (AvgIpc) is 2.60. The summed E-state index contributed by atoms with van der Waals surface area (Å²) in [6, 6.07) is 8.69. The third-order valence-electron chi connectivity index (χ3n) is 2.34. The lowest BCUT2D eigenvalue weighted by Crippen LogP contribution is -1.98. The molecule has 0 aliphatic carbocycles. The molecule has 0 bridgehead atoms. The SMILES string of the molecule is Cc1cc(C)cc(NCc2csc(Br)c2)c1. The van der Waals surface area contributed by atoms with Crippen LogP contribution >= 0.6 is 27.3 Å². The molecular formula is C13H14BrNS. The molecule has 0 unspecified atom stereocenters. The molecule has 0 radical (unpaired) electrons. The summed E-state index contributed by atoms with van der Waals surface area (Å²) in [4.78, 5) is 0. The van der Waals surface area contributed by atoms with Gasteiger partial charge in [-0.05, 0) is 70.0 Å². The Hall–Kier alpha value is -0.800. The van der Waals surface area contributed by atoms with E-state index in [0.29, 0.717) is 0 Å². The Morgan fingerprint density at radius 3 is 2.38 bits per heavy atom. The molecule has 0 atom stereocenters. The Bertz CT molecular complexity index is 470. The van der Waals surface area contributed by atoms with Crippen LogP contribution in [0.3, 0.4) is 0 Å². The molecule has 2 rings (SSSR count). The van der Waals surface area contributed by atoms with Gasteiger partial charge in [0, 0.05) is 12.2 Å². The maximum Gasteiger partial charge on any atom is 0.0701 e. The van der Waals surface area contributed by atoms with Crippen LogP contribution in [0.4, 0.5) is 5.69 Å². The Kier molecular flexibility index (Phi) is 3.66. The van der Waals surface area contributed by atoms with Gasteiger partial charge in [0.05, 0.1) is 3.79 Å². The van der Waals surface area contributed by atoms with Crippen LogP contribution in [-0.2, 0) is 6.54 Å². The van der Waals surface area contributed by atoms with E-state index in [9.17, 15) is 0 Å². The minimum atomic E-state index is 0.880. The van der Waals surface area contributed by atoms with E-state index in [1.165, 1.54) is 26.2 Å². The smallest absolute Gasteiger partial charge is 0.0701 e.